The van der Waals surface area contributed by atoms with Crippen molar-refractivity contribution in [2.24, 2.45) is 4.99 Å². The first-order valence-electron chi connectivity index (χ1n) is 9.16. The van der Waals surface area contributed by atoms with Crippen molar-refractivity contribution in [3.8, 4) is 5.75 Å². The Morgan fingerprint density at radius 2 is 2.03 bits per heavy atom. The molecule has 0 N–H and O–H groups in total. The van der Waals surface area contributed by atoms with Crippen LogP contribution in [0, 0.1) is 6.92 Å². The largest absolute Gasteiger partial charge is 0.435 e. The van der Waals surface area contributed by atoms with Crippen molar-refractivity contribution in [3.63, 3.8) is 0 Å². The molecule has 164 valence electrons. The van der Waals surface area contributed by atoms with Gasteiger partial charge in [0.15, 0.2) is 15.5 Å². The number of alkyl halides is 2. The second-order valence-corrected chi connectivity index (χ2v) is 9.62. The number of rotatable bonds is 5. The lowest BCUT2D eigenvalue weighted by Gasteiger charge is -2.09. The Kier molecular flexibility index (Phi) is 5.56. The van der Waals surface area contributed by atoms with Crippen LogP contribution in [0.1, 0.15) is 29.3 Å². The summed E-state index contributed by atoms with van der Waals surface area (Å²) in [5, 5.41) is 4.54. The third kappa shape index (κ3) is 4.47. The maximum absolute atomic E-state index is 12.3. The lowest BCUT2D eigenvalue weighted by Crippen LogP contribution is -2.12. The van der Waals surface area contributed by atoms with Gasteiger partial charge in [0.1, 0.15) is 10.9 Å². The van der Waals surface area contributed by atoms with E-state index < -0.39 is 22.4 Å². The second kappa shape index (κ2) is 8.04. The summed E-state index contributed by atoms with van der Waals surface area (Å²) in [4.78, 5) is 16.4. The number of hydrogen-bond donors (Lipinski definition) is 0. The van der Waals surface area contributed by atoms with E-state index in [4.69, 9.17) is 16.3 Å². The minimum Gasteiger partial charge on any atom is -0.435 e. The topological polar surface area (TPSA) is 99.8 Å². The Morgan fingerprint density at radius 3 is 2.65 bits per heavy atom. The number of esters is 1. The van der Waals surface area contributed by atoms with Gasteiger partial charge in [0, 0.05) is 11.1 Å². The van der Waals surface area contributed by atoms with Crippen molar-refractivity contribution in [1.29, 1.82) is 0 Å². The average Bonchev–Trinajstić information content (AvgIpc) is 3.33. The lowest BCUT2D eigenvalue weighted by atomic mass is 10.2. The van der Waals surface area contributed by atoms with Gasteiger partial charge in [-0.15, -0.1) is 0 Å². The number of hydrogen-bond acceptors (Lipinski definition) is 7. The molecule has 0 unspecified atom stereocenters. The van der Waals surface area contributed by atoms with Crippen molar-refractivity contribution in [3.05, 3.63) is 51.9 Å². The number of aromatic nitrogens is 2. The average molecular weight is 472 g/mol. The van der Waals surface area contributed by atoms with E-state index in [1.54, 1.807) is 6.92 Å². The van der Waals surface area contributed by atoms with Gasteiger partial charge in [-0.3, -0.25) is 0 Å². The normalized spacial score (nSPS) is 21.6. The minimum absolute atomic E-state index is 0.00269. The standard InChI is InChI=1S/C19H16ClF2N3O5S/c1-10-14(16(20)25(24-10)12-6-7-31(27,28)9-12)8-15-18(26)30-17(23-15)11-2-4-13(5-3-11)29-19(21)22/h2-5,8,12,19H,6-7,9H2,1H3/b15-8+/t12-/m1/s1. The van der Waals surface area contributed by atoms with Crippen molar-refractivity contribution in [2.45, 2.75) is 26.0 Å². The van der Waals surface area contributed by atoms with Crippen LogP contribution in [0.2, 0.25) is 5.15 Å². The number of aliphatic imine (C=N–C) groups is 1. The van der Waals surface area contributed by atoms with E-state index in [0.717, 1.165) is 0 Å². The van der Waals surface area contributed by atoms with Crippen LogP contribution >= 0.6 is 11.6 Å². The molecule has 8 nitrogen and oxygen atoms in total. The maximum atomic E-state index is 12.3. The summed E-state index contributed by atoms with van der Waals surface area (Å²) in [6, 6.07) is 5.11. The van der Waals surface area contributed by atoms with Crippen molar-refractivity contribution in [1.82, 2.24) is 9.78 Å². The first-order valence-corrected chi connectivity index (χ1v) is 11.4. The molecule has 2 aliphatic rings. The predicted molar refractivity (Wildman–Crippen MR) is 108 cm³/mol. The molecule has 1 aromatic carbocycles. The first-order chi connectivity index (χ1) is 14.6. The molecular formula is C19H16ClF2N3O5S. The van der Waals surface area contributed by atoms with E-state index in [2.05, 4.69) is 14.8 Å². The van der Waals surface area contributed by atoms with E-state index in [-0.39, 0.29) is 40.0 Å². The van der Waals surface area contributed by atoms with Gasteiger partial charge >= 0.3 is 12.6 Å². The van der Waals surface area contributed by atoms with Crippen molar-refractivity contribution in [2.75, 3.05) is 11.5 Å². The molecule has 2 aliphatic heterocycles. The highest BCUT2D eigenvalue weighted by Crippen LogP contribution is 2.32. The molecule has 4 rings (SSSR count). The fourth-order valence-corrected chi connectivity index (χ4v) is 5.41. The number of carbonyl (C=O) groups is 1. The summed E-state index contributed by atoms with van der Waals surface area (Å²) in [7, 11) is -3.12. The highest BCUT2D eigenvalue weighted by atomic mass is 35.5. The molecule has 2 aromatic rings. The van der Waals surface area contributed by atoms with E-state index in [0.29, 0.717) is 23.2 Å². The highest BCUT2D eigenvalue weighted by Gasteiger charge is 2.32. The summed E-state index contributed by atoms with van der Waals surface area (Å²) in [6.07, 6.45) is 1.84. The molecule has 1 fully saturated rings. The lowest BCUT2D eigenvalue weighted by molar-refractivity contribution is -0.129. The van der Waals surface area contributed by atoms with Gasteiger partial charge < -0.3 is 9.47 Å². The van der Waals surface area contributed by atoms with Gasteiger partial charge in [-0.05, 0) is 43.7 Å². The van der Waals surface area contributed by atoms with E-state index in [9.17, 15) is 22.0 Å². The monoisotopic (exact) mass is 471 g/mol. The Bertz CT molecular complexity index is 1210. The van der Waals surface area contributed by atoms with E-state index in [1.165, 1.54) is 35.0 Å². The molecule has 0 bridgehead atoms. The summed E-state index contributed by atoms with van der Waals surface area (Å²) in [6.45, 7) is -1.26. The SMILES string of the molecule is Cc1nn([C@@H]2CCS(=O)(=O)C2)c(Cl)c1/C=C1/N=C(c2ccc(OC(F)F)cc2)OC1=O. The Labute approximate surface area is 181 Å². The Balaban J connectivity index is 1.60. The van der Waals surface area contributed by atoms with Crippen LogP contribution in [0.4, 0.5) is 8.78 Å². The quantitative estimate of drug-likeness (QED) is 0.490. The van der Waals surface area contributed by atoms with Crippen LogP contribution in [0.25, 0.3) is 6.08 Å². The van der Waals surface area contributed by atoms with E-state index in [1.807, 2.05) is 0 Å². The van der Waals surface area contributed by atoms with Crippen LogP contribution in [-0.2, 0) is 19.4 Å². The minimum atomic E-state index is -3.12. The summed E-state index contributed by atoms with van der Waals surface area (Å²) >= 11 is 6.43. The van der Waals surface area contributed by atoms with Crippen LogP contribution in [-0.4, -0.2) is 48.2 Å². The van der Waals surface area contributed by atoms with Crippen LogP contribution in [0.5, 0.6) is 5.75 Å². The van der Waals surface area contributed by atoms with Gasteiger partial charge in [-0.25, -0.2) is 22.9 Å². The summed E-state index contributed by atoms with van der Waals surface area (Å²) in [5.74, 6) is -0.718. The van der Waals surface area contributed by atoms with Crippen LogP contribution < -0.4 is 4.74 Å². The van der Waals surface area contributed by atoms with Crippen molar-refractivity contribution >= 4 is 39.4 Å². The number of aryl methyl sites for hydroxylation is 1. The third-order valence-electron chi connectivity index (χ3n) is 4.85. The summed E-state index contributed by atoms with van der Waals surface area (Å²) < 4.78 is 59.0. The smallest absolute Gasteiger partial charge is 0.387 e. The third-order valence-corrected chi connectivity index (χ3v) is 6.98. The summed E-state index contributed by atoms with van der Waals surface area (Å²) in [5.41, 5.74) is 1.31. The van der Waals surface area contributed by atoms with Crippen LogP contribution in [0.3, 0.4) is 0 Å². The number of cyclic esters (lactones) is 1. The molecule has 12 heteroatoms. The molecule has 0 aliphatic carbocycles. The molecule has 1 saturated heterocycles. The zero-order chi connectivity index (χ0) is 22.3. The van der Waals surface area contributed by atoms with Gasteiger partial charge in [-0.2, -0.15) is 13.9 Å². The maximum Gasteiger partial charge on any atom is 0.387 e. The van der Waals surface area contributed by atoms with Gasteiger partial charge in [0.25, 0.3) is 0 Å². The zero-order valence-corrected chi connectivity index (χ0v) is 17.7. The number of halogens is 3. The molecule has 1 atom stereocenters. The number of sulfone groups is 1. The second-order valence-electron chi connectivity index (χ2n) is 7.03. The van der Waals surface area contributed by atoms with Crippen molar-refractivity contribution < 1.29 is 31.5 Å². The fourth-order valence-electron chi connectivity index (χ4n) is 3.35. The number of benzene rings is 1. The Morgan fingerprint density at radius 1 is 1.32 bits per heavy atom. The van der Waals surface area contributed by atoms with Gasteiger partial charge in [0.05, 0.1) is 23.2 Å². The molecule has 0 amide bonds. The highest BCUT2D eigenvalue weighted by molar-refractivity contribution is 7.91. The Hall–Kier alpha value is -2.79. The molecule has 31 heavy (non-hydrogen) atoms. The van der Waals surface area contributed by atoms with Crippen LogP contribution in [0.15, 0.2) is 35.0 Å². The molecule has 0 spiro atoms. The number of carbonyl (C=O) groups excluding carboxylic acids is 1. The fraction of sp³-hybridized carbons (Fsp3) is 0.316. The molecule has 1 aromatic heterocycles. The van der Waals surface area contributed by atoms with Gasteiger partial charge in [-0.1, -0.05) is 11.6 Å². The van der Waals surface area contributed by atoms with E-state index >= 15 is 0 Å². The number of ether oxygens (including phenoxy) is 2. The molecule has 3 heterocycles. The molecule has 0 radical (unpaired) electrons. The first kappa shape index (κ1) is 21.4. The predicted octanol–water partition coefficient (Wildman–Crippen LogP) is 3.15. The zero-order valence-electron chi connectivity index (χ0n) is 16.1. The molecule has 0 saturated carbocycles. The molecular weight excluding hydrogens is 456 g/mol. The number of nitrogens with zero attached hydrogens (tertiary/aromatic N) is 3. The van der Waals surface area contributed by atoms with Gasteiger partial charge in [0.2, 0.25) is 5.90 Å².